The number of amides is 1. The summed E-state index contributed by atoms with van der Waals surface area (Å²) < 4.78 is 5.93. The van der Waals surface area contributed by atoms with Gasteiger partial charge in [0.25, 0.3) is 0 Å². The number of carbonyl (C=O) groups is 2. The Morgan fingerprint density at radius 3 is 2.57 bits per heavy atom. The van der Waals surface area contributed by atoms with Crippen molar-refractivity contribution >= 4 is 51.6 Å². The van der Waals surface area contributed by atoms with Crippen LogP contribution < -0.4 is 16.2 Å². The van der Waals surface area contributed by atoms with E-state index in [1.165, 1.54) is 35.2 Å². The van der Waals surface area contributed by atoms with Gasteiger partial charge in [-0.1, -0.05) is 30.3 Å². The van der Waals surface area contributed by atoms with Gasteiger partial charge in [-0.05, 0) is 91.4 Å². The second kappa shape index (κ2) is 16.6. The fraction of sp³-hybridized carbons (Fsp3) is 0.395. The quantitative estimate of drug-likeness (QED) is 0.0958. The minimum absolute atomic E-state index is 0.0533. The predicted molar refractivity (Wildman–Crippen MR) is 201 cm³/mol. The number of pyridine rings is 1. The van der Waals surface area contributed by atoms with Crippen LogP contribution in [0.3, 0.4) is 0 Å². The van der Waals surface area contributed by atoms with E-state index >= 15 is 0 Å². The molecule has 11 nitrogen and oxygen atoms in total. The highest BCUT2D eigenvalue weighted by Gasteiger charge is 2.49. The Balaban J connectivity index is 0.902. The summed E-state index contributed by atoms with van der Waals surface area (Å²) in [6.45, 7) is 1.35. The molecule has 2 aliphatic rings. The minimum atomic E-state index is -1.67. The van der Waals surface area contributed by atoms with Gasteiger partial charge in [0.15, 0.2) is 0 Å². The number of nitrogens with one attached hydrogen (secondary N) is 3. The SMILES string of the molecule is CN(CCC(=O)Nc1ccc(CNC[C@H](O)c2ccc(O)c3[nH]c(=O)ccc23)cc1)C1CCC(OC(=O)C(O)(c2cccs2)C2CC=CS2)CC1. The highest BCUT2D eigenvalue weighted by molar-refractivity contribution is 8.03. The third-order valence-corrected chi connectivity index (χ3v) is 12.0. The number of hydrogen-bond donors (Lipinski definition) is 6. The summed E-state index contributed by atoms with van der Waals surface area (Å²) in [5.74, 6) is -0.696. The molecule has 0 saturated heterocycles. The number of fused-ring (bicyclic) bond motifs is 1. The van der Waals surface area contributed by atoms with Crippen LogP contribution in [-0.2, 0) is 26.5 Å². The van der Waals surface area contributed by atoms with Crippen molar-refractivity contribution < 1.29 is 29.6 Å². The molecule has 6 N–H and O–H groups in total. The van der Waals surface area contributed by atoms with Gasteiger partial charge < -0.3 is 40.6 Å². The summed E-state index contributed by atoms with van der Waals surface area (Å²) in [7, 11) is 2.02. The lowest BCUT2D eigenvalue weighted by atomic mass is 9.91. The van der Waals surface area contributed by atoms with Gasteiger partial charge in [0.2, 0.25) is 17.1 Å². The summed E-state index contributed by atoms with van der Waals surface area (Å²) in [5.41, 5.74) is 0.574. The van der Waals surface area contributed by atoms with E-state index in [0.29, 0.717) is 65.8 Å². The third-order valence-electron chi connectivity index (χ3n) is 9.77. The number of aromatic nitrogens is 1. The Hall–Kier alpha value is -3.98. The van der Waals surface area contributed by atoms with Crippen molar-refractivity contribution in [2.75, 3.05) is 25.5 Å². The molecule has 3 heterocycles. The average molecular weight is 733 g/mol. The maximum absolute atomic E-state index is 13.4. The van der Waals surface area contributed by atoms with E-state index in [-0.39, 0.29) is 41.2 Å². The highest BCUT2D eigenvalue weighted by atomic mass is 32.2. The number of aromatic hydroxyl groups is 1. The topological polar surface area (TPSA) is 164 Å². The number of H-pyrrole nitrogens is 1. The summed E-state index contributed by atoms with van der Waals surface area (Å²) in [5, 5.41) is 42.7. The Kier molecular flexibility index (Phi) is 12.0. The Morgan fingerprint density at radius 2 is 1.86 bits per heavy atom. The van der Waals surface area contributed by atoms with Gasteiger partial charge in [-0.25, -0.2) is 4.79 Å². The van der Waals surface area contributed by atoms with E-state index in [0.717, 1.165) is 18.4 Å². The number of nitrogens with zero attached hydrogens (tertiary/aromatic N) is 1. The van der Waals surface area contributed by atoms with Crippen LogP contribution in [0.25, 0.3) is 10.9 Å². The van der Waals surface area contributed by atoms with Crippen LogP contribution >= 0.6 is 23.1 Å². The monoisotopic (exact) mass is 732 g/mol. The molecule has 51 heavy (non-hydrogen) atoms. The Morgan fingerprint density at radius 1 is 1.08 bits per heavy atom. The van der Waals surface area contributed by atoms with Crippen LogP contribution in [0.2, 0.25) is 0 Å². The summed E-state index contributed by atoms with van der Waals surface area (Å²) >= 11 is 2.84. The number of thiophene rings is 1. The zero-order valence-corrected chi connectivity index (χ0v) is 30.1. The number of benzene rings is 2. The summed E-state index contributed by atoms with van der Waals surface area (Å²) in [4.78, 5) is 43.2. The number of phenolic OH excluding ortho intramolecular Hbond substituents is 1. The molecule has 0 spiro atoms. The van der Waals surface area contributed by atoms with Crippen molar-refractivity contribution in [2.45, 2.75) is 74.2 Å². The number of aliphatic hydroxyl groups excluding tert-OH is 1. The normalized spacial score (nSPS) is 20.7. The Labute approximate surface area is 304 Å². The van der Waals surface area contributed by atoms with Gasteiger partial charge in [0, 0.05) is 54.1 Å². The van der Waals surface area contributed by atoms with E-state index in [4.69, 9.17) is 4.74 Å². The van der Waals surface area contributed by atoms with Crippen LogP contribution in [0.15, 0.2) is 82.3 Å². The smallest absolute Gasteiger partial charge is 0.345 e. The fourth-order valence-electron chi connectivity index (χ4n) is 6.79. The molecular formula is C38H44N4O7S2. The van der Waals surface area contributed by atoms with Gasteiger partial charge in [0.1, 0.15) is 11.9 Å². The molecule has 3 atom stereocenters. The number of aliphatic hydroxyl groups is 2. The van der Waals surface area contributed by atoms with Crippen molar-refractivity contribution in [1.82, 2.24) is 15.2 Å². The molecule has 0 radical (unpaired) electrons. The third kappa shape index (κ3) is 8.74. The maximum atomic E-state index is 13.4. The lowest BCUT2D eigenvalue weighted by Gasteiger charge is -2.36. The first-order chi connectivity index (χ1) is 24.6. The van der Waals surface area contributed by atoms with Crippen molar-refractivity contribution in [3.63, 3.8) is 0 Å². The summed E-state index contributed by atoms with van der Waals surface area (Å²) in [6.07, 6.45) is 4.92. The molecule has 1 amide bonds. The van der Waals surface area contributed by atoms with Crippen LogP contribution in [0.5, 0.6) is 5.75 Å². The summed E-state index contributed by atoms with van der Waals surface area (Å²) in [6, 6.07) is 17.5. The molecule has 270 valence electrons. The lowest BCUT2D eigenvalue weighted by Crippen LogP contribution is -2.47. The lowest BCUT2D eigenvalue weighted by molar-refractivity contribution is -0.174. The van der Waals surface area contributed by atoms with Gasteiger partial charge in [0.05, 0.1) is 16.9 Å². The minimum Gasteiger partial charge on any atom is -0.506 e. The number of anilines is 1. The average Bonchev–Trinajstić information content (AvgIpc) is 3.88. The van der Waals surface area contributed by atoms with Crippen molar-refractivity contribution in [2.24, 2.45) is 0 Å². The molecule has 4 aromatic rings. The molecule has 2 aromatic heterocycles. The number of rotatable bonds is 14. The van der Waals surface area contributed by atoms with Crippen LogP contribution in [0.4, 0.5) is 5.69 Å². The number of thioether (sulfide) groups is 1. The zero-order valence-electron chi connectivity index (χ0n) is 28.4. The molecule has 1 saturated carbocycles. The molecule has 0 bridgehead atoms. The largest absolute Gasteiger partial charge is 0.506 e. The molecule has 1 aliphatic carbocycles. The maximum Gasteiger partial charge on any atom is 0.345 e. The number of phenols is 1. The van der Waals surface area contributed by atoms with Crippen LogP contribution in [0.1, 0.15) is 60.6 Å². The number of allylic oxidation sites excluding steroid dienone is 1. The zero-order chi connectivity index (χ0) is 36.0. The van der Waals surface area contributed by atoms with E-state index in [1.807, 2.05) is 54.2 Å². The number of ether oxygens (including phenoxy) is 1. The number of hydrogen-bond acceptors (Lipinski definition) is 11. The first-order valence-corrected chi connectivity index (χ1v) is 19.0. The number of carbonyl (C=O) groups excluding carboxylic acids is 2. The van der Waals surface area contributed by atoms with Crippen molar-refractivity contribution in [1.29, 1.82) is 0 Å². The second-order valence-corrected chi connectivity index (χ2v) is 15.3. The molecule has 13 heteroatoms. The standard InChI is InChI=1S/C38H44N4O7S2/c1-42(26-10-12-27(13-11-26)49-37(47)38(48,32-4-2-20-50-32)33-5-3-21-51-33)19-18-35(46)40-25-8-6-24(7-9-25)22-39-23-31(44)28-14-16-30(43)36-29(28)15-17-34(45)41-36/h2-4,6-9,14-17,20-21,26-27,31,33,39,43-44,48H,5,10-13,18-19,22-23H2,1H3,(H,40,46)(H,41,45)/t26?,27?,31-,33?,38?/m0/s1. The first-order valence-electron chi connectivity index (χ1n) is 17.2. The first kappa shape index (κ1) is 36.8. The van der Waals surface area contributed by atoms with Crippen LogP contribution in [-0.4, -0.2) is 74.6 Å². The number of esters is 1. The van der Waals surface area contributed by atoms with Crippen molar-refractivity contribution in [3.8, 4) is 5.75 Å². The number of aromatic amines is 1. The van der Waals surface area contributed by atoms with E-state index in [9.17, 15) is 29.7 Å². The second-order valence-electron chi connectivity index (χ2n) is 13.2. The highest BCUT2D eigenvalue weighted by Crippen LogP contribution is 2.43. The van der Waals surface area contributed by atoms with Gasteiger partial charge >= 0.3 is 5.97 Å². The van der Waals surface area contributed by atoms with Gasteiger partial charge in [-0.3, -0.25) is 9.59 Å². The molecule has 2 unspecified atom stereocenters. The molecule has 1 aliphatic heterocycles. The van der Waals surface area contributed by atoms with E-state index in [2.05, 4.69) is 20.5 Å². The van der Waals surface area contributed by atoms with E-state index in [1.54, 1.807) is 18.2 Å². The van der Waals surface area contributed by atoms with E-state index < -0.39 is 17.7 Å². The van der Waals surface area contributed by atoms with Crippen LogP contribution in [0, 0.1) is 0 Å². The predicted octanol–water partition coefficient (Wildman–Crippen LogP) is 5.14. The molecule has 6 rings (SSSR count). The van der Waals surface area contributed by atoms with Gasteiger partial charge in [-0.2, -0.15) is 0 Å². The van der Waals surface area contributed by atoms with Crippen molar-refractivity contribution in [3.05, 3.63) is 104 Å². The fourth-order valence-corrected chi connectivity index (χ4v) is 8.78. The molecule has 2 aromatic carbocycles. The Bertz CT molecular complexity index is 1880. The molecular weight excluding hydrogens is 689 g/mol. The van der Waals surface area contributed by atoms with Gasteiger partial charge in [-0.15, -0.1) is 23.1 Å². The molecule has 1 fully saturated rings.